The summed E-state index contributed by atoms with van der Waals surface area (Å²) < 4.78 is 0.996. The van der Waals surface area contributed by atoms with E-state index < -0.39 is 0 Å². The molecule has 1 fully saturated rings. The highest BCUT2D eigenvalue weighted by molar-refractivity contribution is 9.10. The quantitative estimate of drug-likeness (QED) is 0.830. The highest BCUT2D eigenvalue weighted by atomic mass is 79.9. The molecule has 0 bridgehead atoms. The van der Waals surface area contributed by atoms with Gasteiger partial charge in [-0.25, -0.2) is 0 Å². The Hall–Kier alpha value is -1.40. The number of benzene rings is 1. The lowest BCUT2D eigenvalue weighted by molar-refractivity contribution is -0.136. The second kappa shape index (κ2) is 7.74. The van der Waals surface area contributed by atoms with Crippen LogP contribution in [0.4, 0.5) is 5.69 Å². The van der Waals surface area contributed by atoms with Gasteiger partial charge in [0.1, 0.15) is 6.42 Å². The smallest absolute Gasteiger partial charge is 0.233 e. The van der Waals surface area contributed by atoms with Crippen LogP contribution in [-0.2, 0) is 9.59 Å². The van der Waals surface area contributed by atoms with E-state index in [1.807, 2.05) is 25.1 Å². The van der Waals surface area contributed by atoms with Crippen molar-refractivity contribution in [3.63, 3.8) is 0 Å². The average Bonchev–Trinajstić information content (AvgIpc) is 2.51. The second-order valence-electron chi connectivity index (χ2n) is 5.50. The number of rotatable bonds is 4. The summed E-state index contributed by atoms with van der Waals surface area (Å²) in [7, 11) is 0. The van der Waals surface area contributed by atoms with E-state index in [2.05, 4.69) is 33.1 Å². The zero-order valence-electron chi connectivity index (χ0n) is 13.1. The van der Waals surface area contributed by atoms with Crippen molar-refractivity contribution in [2.45, 2.75) is 20.3 Å². The summed E-state index contributed by atoms with van der Waals surface area (Å²) in [6.45, 7) is 8.26. The van der Waals surface area contributed by atoms with Crippen molar-refractivity contribution in [3.05, 3.63) is 28.2 Å². The normalized spacial score (nSPS) is 15.7. The zero-order valence-corrected chi connectivity index (χ0v) is 14.6. The van der Waals surface area contributed by atoms with E-state index in [9.17, 15) is 9.59 Å². The number of aryl methyl sites for hydroxylation is 1. The fraction of sp³-hybridized carbons (Fsp3) is 0.500. The van der Waals surface area contributed by atoms with E-state index >= 15 is 0 Å². The van der Waals surface area contributed by atoms with E-state index in [4.69, 9.17) is 0 Å². The van der Waals surface area contributed by atoms with Crippen LogP contribution in [0.1, 0.15) is 18.9 Å². The molecule has 1 aromatic rings. The number of halogens is 1. The molecule has 2 rings (SSSR count). The van der Waals surface area contributed by atoms with Crippen LogP contribution in [0.3, 0.4) is 0 Å². The number of anilines is 1. The minimum Gasteiger partial charge on any atom is -0.340 e. The minimum atomic E-state index is -0.260. The first-order valence-electron chi connectivity index (χ1n) is 7.55. The predicted molar refractivity (Wildman–Crippen MR) is 90.8 cm³/mol. The second-order valence-corrected chi connectivity index (χ2v) is 6.36. The Morgan fingerprint density at radius 3 is 2.50 bits per heavy atom. The molecule has 0 saturated carbocycles. The van der Waals surface area contributed by atoms with E-state index in [0.29, 0.717) is 18.8 Å². The van der Waals surface area contributed by atoms with Crippen molar-refractivity contribution in [2.24, 2.45) is 0 Å². The number of carbonyl (C=O) groups is 2. The van der Waals surface area contributed by atoms with Crippen molar-refractivity contribution in [2.75, 3.05) is 38.0 Å². The first kappa shape index (κ1) is 17.0. The van der Waals surface area contributed by atoms with Crippen LogP contribution in [0.25, 0.3) is 0 Å². The number of hydrogen-bond donors (Lipinski definition) is 1. The fourth-order valence-corrected chi connectivity index (χ4v) is 2.74. The van der Waals surface area contributed by atoms with Crippen molar-refractivity contribution in [1.82, 2.24) is 9.80 Å². The van der Waals surface area contributed by atoms with E-state index in [1.54, 1.807) is 4.90 Å². The Labute approximate surface area is 139 Å². The number of likely N-dealkylation sites (N-methyl/N-ethyl adjacent to an activating group) is 1. The molecule has 2 amide bonds. The summed E-state index contributed by atoms with van der Waals surface area (Å²) in [5.41, 5.74) is 1.76. The number of nitrogens with zero attached hydrogens (tertiary/aromatic N) is 2. The summed E-state index contributed by atoms with van der Waals surface area (Å²) in [5.74, 6) is -0.355. The van der Waals surface area contributed by atoms with Gasteiger partial charge in [-0.05, 0) is 37.2 Å². The lowest BCUT2D eigenvalue weighted by atomic mass is 10.2. The van der Waals surface area contributed by atoms with Crippen molar-refractivity contribution < 1.29 is 9.59 Å². The summed E-state index contributed by atoms with van der Waals surface area (Å²) in [4.78, 5) is 28.2. The Balaban J connectivity index is 1.84. The number of hydrogen-bond acceptors (Lipinski definition) is 3. The maximum Gasteiger partial charge on any atom is 0.233 e. The first-order valence-corrected chi connectivity index (χ1v) is 8.35. The van der Waals surface area contributed by atoms with Crippen molar-refractivity contribution >= 4 is 33.4 Å². The van der Waals surface area contributed by atoms with Gasteiger partial charge in [0.2, 0.25) is 11.8 Å². The SMILES string of the molecule is CCN1CCN(C(=O)CC(=O)Nc2ccc(Br)c(C)c2)CC1. The van der Waals surface area contributed by atoms with Gasteiger partial charge < -0.3 is 15.1 Å². The third-order valence-corrected chi connectivity index (χ3v) is 4.82. The molecule has 0 spiro atoms. The Kier molecular flexibility index (Phi) is 5.97. The van der Waals surface area contributed by atoms with Gasteiger partial charge in [-0.1, -0.05) is 22.9 Å². The van der Waals surface area contributed by atoms with Crippen molar-refractivity contribution in [3.8, 4) is 0 Å². The highest BCUT2D eigenvalue weighted by Crippen LogP contribution is 2.20. The number of nitrogens with one attached hydrogen (secondary N) is 1. The third-order valence-electron chi connectivity index (χ3n) is 3.93. The van der Waals surface area contributed by atoms with Gasteiger partial charge in [-0.15, -0.1) is 0 Å². The molecule has 5 nitrogen and oxygen atoms in total. The zero-order chi connectivity index (χ0) is 16.1. The third kappa shape index (κ3) is 4.55. The highest BCUT2D eigenvalue weighted by Gasteiger charge is 2.22. The van der Waals surface area contributed by atoms with Crippen LogP contribution in [-0.4, -0.2) is 54.3 Å². The summed E-state index contributed by atoms with van der Waals surface area (Å²) in [6.07, 6.45) is -0.0960. The predicted octanol–water partition coefficient (Wildman–Crippen LogP) is 2.25. The lowest BCUT2D eigenvalue weighted by Gasteiger charge is -2.34. The molecule has 0 aliphatic carbocycles. The topological polar surface area (TPSA) is 52.7 Å². The van der Waals surface area contributed by atoms with Gasteiger partial charge >= 0.3 is 0 Å². The van der Waals surface area contributed by atoms with Crippen LogP contribution in [0.2, 0.25) is 0 Å². The lowest BCUT2D eigenvalue weighted by Crippen LogP contribution is -2.49. The fourth-order valence-electron chi connectivity index (χ4n) is 2.49. The van der Waals surface area contributed by atoms with Gasteiger partial charge in [0.05, 0.1) is 0 Å². The Morgan fingerprint density at radius 1 is 1.23 bits per heavy atom. The molecule has 0 unspecified atom stereocenters. The molecule has 1 aromatic carbocycles. The molecule has 22 heavy (non-hydrogen) atoms. The molecular formula is C16H22BrN3O2. The molecule has 1 saturated heterocycles. The van der Waals surface area contributed by atoms with Gasteiger partial charge in [0, 0.05) is 36.3 Å². The van der Waals surface area contributed by atoms with E-state index in [-0.39, 0.29) is 18.2 Å². The molecule has 120 valence electrons. The molecule has 1 heterocycles. The average molecular weight is 368 g/mol. The summed E-state index contributed by atoms with van der Waals surface area (Å²) in [5, 5.41) is 2.78. The van der Waals surface area contributed by atoms with Gasteiger partial charge in [0.25, 0.3) is 0 Å². The van der Waals surface area contributed by atoms with Gasteiger partial charge in [-0.2, -0.15) is 0 Å². The number of amides is 2. The van der Waals surface area contributed by atoms with Crippen molar-refractivity contribution in [1.29, 1.82) is 0 Å². The largest absolute Gasteiger partial charge is 0.340 e. The number of carbonyl (C=O) groups excluding carboxylic acids is 2. The van der Waals surface area contributed by atoms with Crippen LogP contribution in [0, 0.1) is 6.92 Å². The molecule has 6 heteroatoms. The number of piperazine rings is 1. The van der Waals surface area contributed by atoms with E-state index in [1.165, 1.54) is 0 Å². The Bertz CT molecular complexity index is 554. The Morgan fingerprint density at radius 2 is 1.91 bits per heavy atom. The standard InChI is InChI=1S/C16H22BrN3O2/c1-3-19-6-8-20(9-7-19)16(22)11-15(21)18-13-4-5-14(17)12(2)10-13/h4-5,10H,3,6-9,11H2,1-2H3,(H,18,21). The molecule has 1 aliphatic heterocycles. The maximum atomic E-state index is 12.2. The summed E-state index contributed by atoms with van der Waals surface area (Å²) in [6, 6.07) is 5.59. The molecule has 0 aromatic heterocycles. The van der Waals surface area contributed by atoms with Crippen LogP contribution < -0.4 is 5.32 Å². The minimum absolute atomic E-state index is 0.0953. The van der Waals surface area contributed by atoms with Gasteiger partial charge in [-0.3, -0.25) is 9.59 Å². The first-order chi connectivity index (χ1) is 10.5. The molecular weight excluding hydrogens is 346 g/mol. The molecule has 0 radical (unpaired) electrons. The van der Waals surface area contributed by atoms with Gasteiger partial charge in [0.15, 0.2) is 0 Å². The summed E-state index contributed by atoms with van der Waals surface area (Å²) >= 11 is 3.42. The molecule has 1 aliphatic rings. The van der Waals surface area contributed by atoms with Crippen LogP contribution >= 0.6 is 15.9 Å². The van der Waals surface area contributed by atoms with Crippen LogP contribution in [0.15, 0.2) is 22.7 Å². The maximum absolute atomic E-state index is 12.2. The monoisotopic (exact) mass is 367 g/mol. The van der Waals surface area contributed by atoms with Crippen LogP contribution in [0.5, 0.6) is 0 Å². The van der Waals surface area contributed by atoms with E-state index in [0.717, 1.165) is 29.7 Å². The molecule has 1 N–H and O–H groups in total. The molecule has 0 atom stereocenters.